The summed E-state index contributed by atoms with van der Waals surface area (Å²) in [5.41, 5.74) is -0.134. The Morgan fingerprint density at radius 3 is 2.76 bits per heavy atom. The van der Waals surface area contributed by atoms with Crippen molar-refractivity contribution in [3.05, 3.63) is 34.6 Å². The third-order valence-corrected chi connectivity index (χ3v) is 2.81. The summed E-state index contributed by atoms with van der Waals surface area (Å²) in [5, 5.41) is 13.4. The van der Waals surface area contributed by atoms with E-state index in [0.717, 1.165) is 18.5 Å². The molecule has 1 aromatic rings. The SMILES string of the molecule is CCCNCC(C)(O)Cc1ccc(Cl)c(F)c1. The number of aliphatic hydroxyl groups is 1. The molecule has 0 bridgehead atoms. The minimum absolute atomic E-state index is 0.109. The molecule has 1 aromatic carbocycles. The molecule has 1 unspecified atom stereocenters. The van der Waals surface area contributed by atoms with E-state index in [9.17, 15) is 9.50 Å². The molecule has 96 valence electrons. The van der Waals surface area contributed by atoms with E-state index in [1.54, 1.807) is 13.0 Å². The molecule has 0 radical (unpaired) electrons. The smallest absolute Gasteiger partial charge is 0.142 e. The monoisotopic (exact) mass is 259 g/mol. The first-order valence-corrected chi connectivity index (χ1v) is 6.19. The van der Waals surface area contributed by atoms with E-state index in [1.807, 2.05) is 0 Å². The Morgan fingerprint density at radius 1 is 1.47 bits per heavy atom. The van der Waals surface area contributed by atoms with Crippen molar-refractivity contribution in [2.75, 3.05) is 13.1 Å². The minimum atomic E-state index is -0.880. The molecule has 1 rings (SSSR count). The van der Waals surface area contributed by atoms with E-state index < -0.39 is 11.4 Å². The Hall–Kier alpha value is -0.640. The molecule has 17 heavy (non-hydrogen) atoms. The van der Waals surface area contributed by atoms with E-state index in [-0.39, 0.29) is 5.02 Å². The quantitative estimate of drug-likeness (QED) is 0.770. The van der Waals surface area contributed by atoms with Crippen LogP contribution in [0.15, 0.2) is 18.2 Å². The van der Waals surface area contributed by atoms with Crippen molar-refractivity contribution in [2.45, 2.75) is 32.3 Å². The highest BCUT2D eigenvalue weighted by Crippen LogP contribution is 2.19. The van der Waals surface area contributed by atoms with Crippen LogP contribution < -0.4 is 5.32 Å². The number of halogens is 2. The van der Waals surface area contributed by atoms with Crippen LogP contribution >= 0.6 is 11.6 Å². The van der Waals surface area contributed by atoms with Gasteiger partial charge in [0.05, 0.1) is 10.6 Å². The van der Waals surface area contributed by atoms with Crippen LogP contribution in [0, 0.1) is 5.82 Å². The largest absolute Gasteiger partial charge is 0.389 e. The number of rotatable bonds is 6. The van der Waals surface area contributed by atoms with E-state index >= 15 is 0 Å². The molecule has 0 aliphatic heterocycles. The molecule has 0 fully saturated rings. The summed E-state index contributed by atoms with van der Waals surface area (Å²) < 4.78 is 13.2. The molecule has 0 saturated carbocycles. The van der Waals surface area contributed by atoms with Crippen LogP contribution in [0.1, 0.15) is 25.8 Å². The lowest BCUT2D eigenvalue weighted by Gasteiger charge is -2.24. The van der Waals surface area contributed by atoms with Crippen LogP contribution in [0.4, 0.5) is 4.39 Å². The van der Waals surface area contributed by atoms with Gasteiger partial charge in [0, 0.05) is 13.0 Å². The van der Waals surface area contributed by atoms with Crippen LogP contribution in [0.3, 0.4) is 0 Å². The highest BCUT2D eigenvalue weighted by molar-refractivity contribution is 6.30. The Labute approximate surface area is 107 Å². The maximum atomic E-state index is 13.2. The molecule has 0 amide bonds. The van der Waals surface area contributed by atoms with E-state index in [2.05, 4.69) is 12.2 Å². The lowest BCUT2D eigenvalue weighted by atomic mass is 9.96. The summed E-state index contributed by atoms with van der Waals surface area (Å²) in [7, 11) is 0. The summed E-state index contributed by atoms with van der Waals surface area (Å²) in [6.45, 7) is 5.16. The topological polar surface area (TPSA) is 32.3 Å². The summed E-state index contributed by atoms with van der Waals surface area (Å²) in [4.78, 5) is 0. The third kappa shape index (κ3) is 5.02. The van der Waals surface area contributed by atoms with Crippen molar-refractivity contribution in [1.29, 1.82) is 0 Å². The zero-order chi connectivity index (χ0) is 12.9. The molecule has 0 aromatic heterocycles. The molecule has 0 aliphatic rings. The van der Waals surface area contributed by atoms with Gasteiger partial charge in [-0.3, -0.25) is 0 Å². The zero-order valence-electron chi connectivity index (χ0n) is 10.3. The second kappa shape index (κ2) is 6.34. The maximum absolute atomic E-state index is 13.2. The first-order chi connectivity index (χ1) is 7.94. The fraction of sp³-hybridized carbons (Fsp3) is 0.538. The van der Waals surface area contributed by atoms with Crippen LogP contribution in [0.5, 0.6) is 0 Å². The average Bonchev–Trinajstić information content (AvgIpc) is 2.23. The van der Waals surface area contributed by atoms with Crippen LogP contribution in [-0.4, -0.2) is 23.8 Å². The predicted octanol–water partition coefficient (Wildman–Crippen LogP) is 2.77. The van der Waals surface area contributed by atoms with Gasteiger partial charge in [-0.25, -0.2) is 4.39 Å². The van der Waals surface area contributed by atoms with Crippen molar-refractivity contribution in [2.24, 2.45) is 0 Å². The summed E-state index contributed by atoms with van der Waals surface area (Å²) in [5.74, 6) is -0.443. The highest BCUT2D eigenvalue weighted by atomic mass is 35.5. The van der Waals surface area contributed by atoms with E-state index in [1.165, 1.54) is 12.1 Å². The maximum Gasteiger partial charge on any atom is 0.142 e. The fourth-order valence-electron chi connectivity index (χ4n) is 1.69. The van der Waals surface area contributed by atoms with Gasteiger partial charge in [-0.15, -0.1) is 0 Å². The van der Waals surface area contributed by atoms with E-state index in [0.29, 0.717) is 13.0 Å². The summed E-state index contributed by atoms with van der Waals surface area (Å²) in [6, 6.07) is 4.62. The number of hydrogen-bond acceptors (Lipinski definition) is 2. The molecule has 2 nitrogen and oxygen atoms in total. The van der Waals surface area contributed by atoms with Crippen molar-refractivity contribution in [3.63, 3.8) is 0 Å². The predicted molar refractivity (Wildman–Crippen MR) is 68.9 cm³/mol. The second-order valence-corrected chi connectivity index (χ2v) is 5.01. The first kappa shape index (κ1) is 14.4. The van der Waals surface area contributed by atoms with Crippen molar-refractivity contribution in [1.82, 2.24) is 5.32 Å². The lowest BCUT2D eigenvalue weighted by Crippen LogP contribution is -2.40. The van der Waals surface area contributed by atoms with Crippen LogP contribution in [0.2, 0.25) is 5.02 Å². The average molecular weight is 260 g/mol. The van der Waals surface area contributed by atoms with Crippen LogP contribution in [0.25, 0.3) is 0 Å². The van der Waals surface area contributed by atoms with E-state index in [4.69, 9.17) is 11.6 Å². The molecule has 4 heteroatoms. The Bertz CT molecular complexity index is 368. The molecular weight excluding hydrogens is 241 g/mol. The first-order valence-electron chi connectivity index (χ1n) is 5.81. The molecular formula is C13H19ClFNO. The molecule has 0 saturated heterocycles. The summed E-state index contributed by atoms with van der Waals surface area (Å²) in [6.07, 6.45) is 1.42. The van der Waals surface area contributed by atoms with Gasteiger partial charge in [0.25, 0.3) is 0 Å². The third-order valence-electron chi connectivity index (χ3n) is 2.50. The van der Waals surface area contributed by atoms with Gasteiger partial charge in [-0.1, -0.05) is 24.6 Å². The molecule has 2 N–H and O–H groups in total. The van der Waals surface area contributed by atoms with Gasteiger partial charge in [0.1, 0.15) is 5.82 Å². The van der Waals surface area contributed by atoms with Crippen molar-refractivity contribution < 1.29 is 9.50 Å². The highest BCUT2D eigenvalue weighted by Gasteiger charge is 2.20. The normalized spacial score (nSPS) is 14.6. The standard InChI is InChI=1S/C13H19ClFNO/c1-3-6-16-9-13(2,17)8-10-4-5-11(14)12(15)7-10/h4-5,7,16-17H,3,6,8-9H2,1-2H3. The van der Waals surface area contributed by atoms with Crippen molar-refractivity contribution in [3.8, 4) is 0 Å². The zero-order valence-corrected chi connectivity index (χ0v) is 11.0. The second-order valence-electron chi connectivity index (χ2n) is 4.60. The fourth-order valence-corrected chi connectivity index (χ4v) is 1.80. The van der Waals surface area contributed by atoms with Gasteiger partial charge < -0.3 is 10.4 Å². The Kier molecular flexibility index (Phi) is 5.37. The number of hydrogen-bond donors (Lipinski definition) is 2. The van der Waals surface area contributed by atoms with Gasteiger partial charge in [-0.05, 0) is 37.6 Å². The van der Waals surface area contributed by atoms with Crippen LogP contribution in [-0.2, 0) is 6.42 Å². The number of benzene rings is 1. The lowest BCUT2D eigenvalue weighted by molar-refractivity contribution is 0.0603. The Balaban J connectivity index is 2.59. The molecule has 1 atom stereocenters. The van der Waals surface area contributed by atoms with Gasteiger partial charge in [0.2, 0.25) is 0 Å². The van der Waals surface area contributed by atoms with Gasteiger partial charge in [0.15, 0.2) is 0 Å². The molecule has 0 spiro atoms. The minimum Gasteiger partial charge on any atom is -0.389 e. The van der Waals surface area contributed by atoms with Crippen molar-refractivity contribution >= 4 is 11.6 Å². The molecule has 0 heterocycles. The van der Waals surface area contributed by atoms with Gasteiger partial charge in [-0.2, -0.15) is 0 Å². The summed E-state index contributed by atoms with van der Waals surface area (Å²) >= 11 is 5.60. The van der Waals surface area contributed by atoms with Gasteiger partial charge >= 0.3 is 0 Å². The molecule has 0 aliphatic carbocycles. The Morgan fingerprint density at radius 2 is 2.18 bits per heavy atom. The number of nitrogens with one attached hydrogen (secondary N) is 1.